The standard InChI is InChI=1S/C30H31N3O5.C22H28N2O4.2C21H22ClN3O3.C16H11NO4.2ClH.2H3N/c1-20(6-5-13-31-30(35)36-18-21-7-3-2-4-8-21)17-32-29(34)26-15-24-10-9-22(14-25(24)33-26)23-11-12-27-28(16-23)38-19-37-27;23-15-20(14-21(25)27-16-18-8-3-1-4-9-18)12-7-13-24-22(26)28-17-19-10-5-2-6-11-19;2*22-16(2-1-7-23)11-24-21(26)18-9-15-4-3-13(8-17(15)25-18)14-5-6-19-20(10-14)28-12-27-19;18-16(19)13-6-11-2-1-9(5-12(11)17-13)10-3-4-14-15(7-10)21-8-20-14;;;;/h2-4,7-12,14-16,20,33H,5-6,13,17-19H2,1H3,(H,31,35)(H,32,34);1-6,8-11,20H,7,12-17,23H2,(H,24,26);2*3-6,8-10,16,25H,1-2,7,11-12,23H2,(H,24,26);1-7,17H,8H2,(H,18,19);2*1H;2*1H3/t2*20-;2*16-;;;;;/m0100...../s1. The molecule has 0 unspecified atom stereocenters. The van der Waals surface area contributed by atoms with Crippen molar-refractivity contribution in [1.82, 2.24) is 58.8 Å². The monoisotopic (exact) mass is 2080 g/mol. The van der Waals surface area contributed by atoms with Gasteiger partial charge in [-0.25, -0.2) is 14.4 Å². The molecule has 8 heterocycles. The van der Waals surface area contributed by atoms with E-state index in [4.69, 9.17) is 86.1 Å². The molecule has 4 atom stereocenters. The zero-order chi connectivity index (χ0) is 99.8. The highest BCUT2D eigenvalue weighted by atomic mass is 35.5. The van der Waals surface area contributed by atoms with Crippen molar-refractivity contribution >= 4 is 109 Å². The van der Waals surface area contributed by atoms with E-state index in [1.54, 1.807) is 6.07 Å². The maximum Gasteiger partial charge on any atom is 0.407 e. The Morgan fingerprint density at radius 2 is 0.653 bits per heavy atom. The number of quaternary nitrogens is 2. The van der Waals surface area contributed by atoms with Gasteiger partial charge in [0.05, 0.1) is 23.8 Å². The fourth-order valence-corrected chi connectivity index (χ4v) is 16.6. The predicted octanol–water partition coefficient (Wildman–Crippen LogP) is 12.5. The number of carboxylic acid groups (broad SMARTS) is 1. The number of aromatic amines is 4. The molecule has 4 aliphatic heterocycles. The van der Waals surface area contributed by atoms with Gasteiger partial charge in [-0.1, -0.05) is 171 Å². The third-order valence-electron chi connectivity index (χ3n) is 24.1. The Kier molecular flexibility index (Phi) is 43.0. The van der Waals surface area contributed by atoms with E-state index in [0.29, 0.717) is 62.8 Å². The van der Waals surface area contributed by atoms with Crippen molar-refractivity contribution in [2.75, 3.05) is 79.5 Å². The number of esters is 1. The second-order valence-corrected chi connectivity index (χ2v) is 35.9. The minimum atomic E-state index is -0.962. The molecule has 0 bridgehead atoms. The highest BCUT2D eigenvalue weighted by Gasteiger charge is 2.24. The molecule has 0 fully saturated rings. The average Bonchev–Trinajstić information content (AvgIpc) is 1.67. The number of carbonyl (C=O) groups is 7. The van der Waals surface area contributed by atoms with E-state index in [9.17, 15) is 33.6 Å². The summed E-state index contributed by atoms with van der Waals surface area (Å²) >= 11 is 12.5. The van der Waals surface area contributed by atoms with E-state index in [2.05, 4.69) is 64.9 Å². The summed E-state index contributed by atoms with van der Waals surface area (Å²) in [4.78, 5) is 96.7. The number of H-pyrrole nitrogens is 4. The lowest BCUT2D eigenvalue weighted by atomic mass is 10.00. The minimum Gasteiger partial charge on any atom is -1.00 e. The normalized spacial score (nSPS) is 12.5. The molecule has 0 saturated heterocycles. The number of nitrogens with two attached hydrogens (primary N) is 1. The molecular weight excluding hydrogens is 1960 g/mol. The Labute approximate surface area is 872 Å². The Bertz CT molecular complexity index is 6710. The van der Waals surface area contributed by atoms with Gasteiger partial charge in [-0.05, 0) is 228 Å². The molecule has 0 radical (unpaired) electrons. The lowest BCUT2D eigenvalue weighted by Crippen LogP contribution is -3.00. The van der Waals surface area contributed by atoms with Crippen LogP contribution in [0.4, 0.5) is 9.59 Å². The number of hydrogen-bond donors (Lipinski definition) is 15. The van der Waals surface area contributed by atoms with Crippen LogP contribution < -0.4 is 119 Å². The van der Waals surface area contributed by atoms with Crippen molar-refractivity contribution in [3.8, 4) is 90.5 Å². The Balaban J connectivity index is 0.000000175. The van der Waals surface area contributed by atoms with E-state index in [1.807, 2.05) is 255 Å². The van der Waals surface area contributed by atoms with Gasteiger partial charge in [0, 0.05) is 82.8 Å². The molecule has 147 heavy (non-hydrogen) atoms. The smallest absolute Gasteiger partial charge is 0.407 e. The summed E-state index contributed by atoms with van der Waals surface area (Å²) in [5.41, 5.74) is 29.6. The van der Waals surface area contributed by atoms with E-state index in [-0.39, 0.29) is 143 Å². The second-order valence-electron chi connectivity index (χ2n) is 34.7. The van der Waals surface area contributed by atoms with Crippen molar-refractivity contribution in [2.24, 2.45) is 17.6 Å². The largest absolute Gasteiger partial charge is 1.00 e. The molecule has 4 aliphatic rings. The molecule has 4 aromatic heterocycles. The topological polar surface area (TPSA) is 516 Å². The van der Waals surface area contributed by atoms with Crippen LogP contribution >= 0.6 is 23.2 Å². The third kappa shape index (κ3) is 32.4. The number of alkyl carbamates (subject to hydrolysis) is 2. The van der Waals surface area contributed by atoms with E-state index < -0.39 is 18.2 Å². The van der Waals surface area contributed by atoms with Gasteiger partial charge in [0.25, 0.3) is 17.7 Å². The summed E-state index contributed by atoms with van der Waals surface area (Å²) in [6.45, 7) is 8.39. The maximum absolute atomic E-state index is 12.8. The van der Waals surface area contributed by atoms with Crippen LogP contribution in [0.5, 0.6) is 46.0 Å². The number of aromatic carboxylic acids is 1. The van der Waals surface area contributed by atoms with E-state index in [1.165, 1.54) is 0 Å². The summed E-state index contributed by atoms with van der Waals surface area (Å²) in [5.74, 6) is 4.62. The number of ether oxygens (including phenoxy) is 11. The van der Waals surface area contributed by atoms with Crippen LogP contribution in [-0.2, 0) is 38.8 Å². The van der Waals surface area contributed by atoms with Gasteiger partial charge in [0.15, 0.2) is 46.0 Å². The van der Waals surface area contributed by atoms with Gasteiger partial charge in [-0.15, -0.1) is 23.2 Å². The van der Waals surface area contributed by atoms with Gasteiger partial charge in [0.1, 0.15) is 42.6 Å². The van der Waals surface area contributed by atoms with Crippen molar-refractivity contribution in [2.45, 2.75) is 95.3 Å². The average molecular weight is 2090 g/mol. The van der Waals surface area contributed by atoms with Crippen molar-refractivity contribution in [1.29, 1.82) is 0 Å². The zero-order valence-corrected chi connectivity index (χ0v) is 84.3. The van der Waals surface area contributed by atoms with E-state index >= 15 is 0 Å². The van der Waals surface area contributed by atoms with Crippen LogP contribution in [0.3, 0.4) is 0 Å². The van der Waals surface area contributed by atoms with Crippen molar-refractivity contribution in [3.63, 3.8) is 0 Å². The Morgan fingerprint density at radius 3 is 0.980 bits per heavy atom. The summed E-state index contributed by atoms with van der Waals surface area (Å²) in [6.07, 6.45) is 6.13. The number of halogens is 4. The number of carboxylic acids is 1. The number of aromatic nitrogens is 4. The summed E-state index contributed by atoms with van der Waals surface area (Å²) in [6, 6.07) is 83.2. The van der Waals surface area contributed by atoms with Crippen LogP contribution in [0.25, 0.3) is 88.1 Å². The van der Waals surface area contributed by atoms with Crippen LogP contribution in [0.2, 0.25) is 0 Å². The number of benzene rings is 11. The van der Waals surface area contributed by atoms with E-state index in [0.717, 1.165) is 209 Å². The SMILES string of the molecule is C[C@@H](CCCNC(=O)OCc1ccccc1)CNC(=O)c1cc2ccc(-c3ccc4c(c3)OCO4)cc2[nH]1.N.N.NC[C@H](CCCNC(=O)OCc1ccccc1)CC(=O)OCc1ccccc1.O=C(O)c1cc2ccc(-c3ccc4c(c3)OCO4)cc2[nH]1.[Cl-].[Cl-].[NH3+]CCC[C@H](Cl)CNC(=O)c1cc2ccc(-c3ccc4c(c3)OCO4)cc2[nH]1.[NH3+]CCC[C@H](Cl)CNC(=O)c1cc2ccc(-c3ccc4c(c3)OCO4)cc2[nH]1. The predicted molar refractivity (Wildman–Crippen MR) is 557 cm³/mol. The number of alkyl halides is 2. The number of rotatable bonds is 37. The molecular formula is C110H122Cl4N14O19. The van der Waals surface area contributed by atoms with Crippen LogP contribution in [0.1, 0.15) is 123 Å². The molecule has 0 aliphatic carbocycles. The first-order valence-corrected chi connectivity index (χ1v) is 48.4. The molecule has 774 valence electrons. The molecule has 11 aromatic carbocycles. The Morgan fingerprint density at radius 1 is 0.361 bits per heavy atom. The van der Waals surface area contributed by atoms with Crippen LogP contribution in [0.15, 0.2) is 261 Å². The van der Waals surface area contributed by atoms with Crippen LogP contribution in [0, 0.1) is 11.8 Å². The lowest BCUT2D eigenvalue weighted by Gasteiger charge is -2.14. The van der Waals surface area contributed by atoms with Gasteiger partial charge < -0.3 is 158 Å². The highest BCUT2D eigenvalue weighted by molar-refractivity contribution is 6.21. The fraction of sp³-hybridized carbons (Fsp3) is 0.264. The molecule has 19 rings (SSSR count). The summed E-state index contributed by atoms with van der Waals surface area (Å²) < 4.78 is 58.9. The molecule has 24 N–H and O–H groups in total. The number of nitrogens with one attached hydrogen (secondary N) is 9. The van der Waals surface area contributed by atoms with Crippen molar-refractivity contribution in [3.05, 3.63) is 300 Å². The second kappa shape index (κ2) is 56.3. The molecule has 0 saturated carbocycles. The van der Waals surface area contributed by atoms with Gasteiger partial charge in [-0.2, -0.15) is 0 Å². The quantitative estimate of drug-likeness (QED) is 0.00744. The molecule has 33 nitrogen and oxygen atoms in total. The minimum absolute atomic E-state index is 0. The first kappa shape index (κ1) is 112. The fourth-order valence-electron chi connectivity index (χ4n) is 16.1. The number of fused-ring (bicyclic) bond motifs is 8. The molecule has 5 amide bonds. The van der Waals surface area contributed by atoms with Crippen molar-refractivity contribution < 1.29 is 127 Å². The molecule has 0 spiro atoms. The van der Waals surface area contributed by atoms with Gasteiger partial charge in [0.2, 0.25) is 27.2 Å². The van der Waals surface area contributed by atoms with Crippen LogP contribution in [-0.4, -0.2) is 157 Å². The Hall–Kier alpha value is -15.2. The van der Waals surface area contributed by atoms with Gasteiger partial charge in [-0.3, -0.25) is 19.2 Å². The number of carbonyl (C=O) groups excluding carboxylic acids is 6. The first-order chi connectivity index (χ1) is 69.7. The summed E-state index contributed by atoms with van der Waals surface area (Å²) in [7, 11) is 0. The maximum atomic E-state index is 12.8. The number of amides is 5. The van der Waals surface area contributed by atoms with Gasteiger partial charge >= 0.3 is 24.1 Å². The first-order valence-electron chi connectivity index (χ1n) is 47.5. The highest BCUT2D eigenvalue weighted by Crippen LogP contribution is 2.42. The molecule has 15 aromatic rings. The lowest BCUT2D eigenvalue weighted by molar-refractivity contribution is -0.368. The number of hydrogen-bond acceptors (Lipinski definition) is 21. The third-order valence-corrected chi connectivity index (χ3v) is 24.8. The molecule has 37 heteroatoms. The summed E-state index contributed by atoms with van der Waals surface area (Å²) in [5, 5.41) is 26.9. The zero-order valence-electron chi connectivity index (χ0n) is 81.3.